The number of hydrogen-bond donors (Lipinski definition) is 2. The standard InChI is InChI=1S/C31H42N2O3/c34-31(25-12-15-29(16-13-25)36-22-30-8-5-17-35-30)33-28-14-11-26-18-24(9-10-27(26)19-28)21-32-20-23-6-3-1-2-4-7-23/h9-10,12-13,15-16,18,23,28,30,32H,1-8,11,14,17,19-22H2,(H,33,34)/t28-,30-/m0/s1. The number of amides is 1. The highest BCUT2D eigenvalue weighted by molar-refractivity contribution is 5.94. The monoisotopic (exact) mass is 490 g/mol. The van der Waals surface area contributed by atoms with Crippen molar-refractivity contribution in [2.24, 2.45) is 5.92 Å². The Hall–Kier alpha value is -2.37. The van der Waals surface area contributed by atoms with Gasteiger partial charge < -0.3 is 20.1 Å². The fourth-order valence-electron chi connectivity index (χ4n) is 5.97. The minimum Gasteiger partial charge on any atom is -0.491 e. The maximum absolute atomic E-state index is 12.8. The predicted octanol–water partition coefficient (Wildman–Crippen LogP) is 5.59. The minimum absolute atomic E-state index is 0.00606. The van der Waals surface area contributed by atoms with E-state index < -0.39 is 0 Å². The van der Waals surface area contributed by atoms with Crippen LogP contribution in [-0.2, 0) is 24.1 Å². The molecule has 1 aliphatic heterocycles. The number of ether oxygens (including phenoxy) is 2. The van der Waals surface area contributed by atoms with Gasteiger partial charge in [-0.05, 0) is 98.4 Å². The van der Waals surface area contributed by atoms with Crippen molar-refractivity contribution in [2.75, 3.05) is 19.8 Å². The van der Waals surface area contributed by atoms with Crippen molar-refractivity contribution in [3.8, 4) is 5.75 Å². The van der Waals surface area contributed by atoms with E-state index in [0.29, 0.717) is 12.2 Å². The molecule has 0 aromatic heterocycles. The Kier molecular flexibility index (Phi) is 8.95. The number of benzene rings is 2. The van der Waals surface area contributed by atoms with Gasteiger partial charge in [0.15, 0.2) is 0 Å². The molecule has 3 aliphatic rings. The smallest absolute Gasteiger partial charge is 0.251 e. The van der Waals surface area contributed by atoms with Gasteiger partial charge in [0.1, 0.15) is 12.4 Å². The lowest BCUT2D eigenvalue weighted by molar-refractivity contribution is 0.0679. The molecule has 1 amide bonds. The molecule has 5 heteroatoms. The van der Waals surface area contributed by atoms with Crippen LogP contribution in [0.1, 0.15) is 84.8 Å². The lowest BCUT2D eigenvalue weighted by Gasteiger charge is -2.26. The third kappa shape index (κ3) is 7.10. The number of fused-ring (bicyclic) bond motifs is 1. The SMILES string of the molecule is O=C(N[C@H]1CCc2cc(CNCC3CCCCCC3)ccc2C1)c1ccc(OC[C@@H]2CCCO2)cc1. The van der Waals surface area contributed by atoms with E-state index in [2.05, 4.69) is 28.8 Å². The van der Waals surface area contributed by atoms with Crippen LogP contribution >= 0.6 is 0 Å². The normalized spacial score (nSPS) is 22.6. The number of aryl methyl sites for hydroxylation is 1. The Morgan fingerprint density at radius 2 is 1.75 bits per heavy atom. The van der Waals surface area contributed by atoms with Crippen LogP contribution < -0.4 is 15.4 Å². The predicted molar refractivity (Wildman–Crippen MR) is 144 cm³/mol. The molecule has 194 valence electrons. The van der Waals surface area contributed by atoms with Gasteiger partial charge in [0.05, 0.1) is 6.10 Å². The summed E-state index contributed by atoms with van der Waals surface area (Å²) in [5, 5.41) is 6.96. The van der Waals surface area contributed by atoms with E-state index in [1.807, 2.05) is 24.3 Å². The van der Waals surface area contributed by atoms with Crippen molar-refractivity contribution in [3.05, 3.63) is 64.7 Å². The van der Waals surface area contributed by atoms with Crippen LogP contribution in [0.5, 0.6) is 5.75 Å². The molecule has 2 fully saturated rings. The second-order valence-electron chi connectivity index (χ2n) is 11.0. The van der Waals surface area contributed by atoms with Crippen molar-refractivity contribution in [3.63, 3.8) is 0 Å². The van der Waals surface area contributed by atoms with Gasteiger partial charge in [-0.2, -0.15) is 0 Å². The molecule has 5 rings (SSSR count). The summed E-state index contributed by atoms with van der Waals surface area (Å²) in [7, 11) is 0. The first kappa shape index (κ1) is 25.3. The summed E-state index contributed by atoms with van der Waals surface area (Å²) in [6.45, 7) is 3.51. The molecule has 5 nitrogen and oxygen atoms in total. The molecule has 1 saturated heterocycles. The quantitative estimate of drug-likeness (QED) is 0.450. The minimum atomic E-state index is -0.00606. The fourth-order valence-corrected chi connectivity index (χ4v) is 5.97. The largest absolute Gasteiger partial charge is 0.491 e. The molecular formula is C31H42N2O3. The summed E-state index contributed by atoms with van der Waals surface area (Å²) in [5.41, 5.74) is 4.88. The van der Waals surface area contributed by atoms with Gasteiger partial charge >= 0.3 is 0 Å². The van der Waals surface area contributed by atoms with Crippen LogP contribution in [0.2, 0.25) is 0 Å². The van der Waals surface area contributed by atoms with Crippen LogP contribution in [-0.4, -0.2) is 37.8 Å². The molecule has 2 atom stereocenters. The van der Waals surface area contributed by atoms with E-state index in [0.717, 1.165) is 63.5 Å². The molecule has 2 N–H and O–H groups in total. The second-order valence-corrected chi connectivity index (χ2v) is 11.0. The van der Waals surface area contributed by atoms with Gasteiger partial charge in [-0.25, -0.2) is 0 Å². The van der Waals surface area contributed by atoms with Crippen molar-refractivity contribution in [1.82, 2.24) is 10.6 Å². The maximum atomic E-state index is 12.8. The summed E-state index contributed by atoms with van der Waals surface area (Å²) < 4.78 is 11.4. The molecule has 0 radical (unpaired) electrons. The Morgan fingerprint density at radius 3 is 2.53 bits per heavy atom. The number of hydrogen-bond acceptors (Lipinski definition) is 4. The van der Waals surface area contributed by atoms with Crippen LogP contribution in [0, 0.1) is 5.92 Å². The van der Waals surface area contributed by atoms with Gasteiger partial charge in [0.2, 0.25) is 0 Å². The van der Waals surface area contributed by atoms with Crippen LogP contribution in [0.3, 0.4) is 0 Å². The summed E-state index contributed by atoms with van der Waals surface area (Å²) in [6, 6.07) is 14.6. The molecule has 0 bridgehead atoms. The van der Waals surface area contributed by atoms with Crippen LogP contribution in [0.25, 0.3) is 0 Å². The Bertz CT molecular complexity index is 976. The molecule has 36 heavy (non-hydrogen) atoms. The Morgan fingerprint density at radius 1 is 0.917 bits per heavy atom. The fraction of sp³-hybridized carbons (Fsp3) is 0.581. The highest BCUT2D eigenvalue weighted by Crippen LogP contribution is 2.25. The van der Waals surface area contributed by atoms with Crippen molar-refractivity contribution >= 4 is 5.91 Å². The van der Waals surface area contributed by atoms with E-state index in [1.54, 1.807) is 0 Å². The Labute approximate surface area is 216 Å². The molecule has 0 unspecified atom stereocenters. The van der Waals surface area contributed by atoms with Gasteiger partial charge in [-0.3, -0.25) is 4.79 Å². The second kappa shape index (κ2) is 12.7. The molecule has 1 saturated carbocycles. The topological polar surface area (TPSA) is 59.6 Å². The lowest BCUT2D eigenvalue weighted by atomic mass is 9.87. The number of carbonyl (C=O) groups is 1. The van der Waals surface area contributed by atoms with Gasteiger partial charge in [-0.1, -0.05) is 43.9 Å². The van der Waals surface area contributed by atoms with Crippen molar-refractivity contribution in [2.45, 2.75) is 89.3 Å². The average Bonchev–Trinajstić information content (AvgIpc) is 3.30. The molecular weight excluding hydrogens is 448 g/mol. The summed E-state index contributed by atoms with van der Waals surface area (Å²) in [5.74, 6) is 1.63. The van der Waals surface area contributed by atoms with E-state index >= 15 is 0 Å². The highest BCUT2D eigenvalue weighted by Gasteiger charge is 2.21. The molecule has 2 aliphatic carbocycles. The Balaban J connectivity index is 1.07. The summed E-state index contributed by atoms with van der Waals surface area (Å²) >= 11 is 0. The maximum Gasteiger partial charge on any atom is 0.251 e. The van der Waals surface area contributed by atoms with Crippen LogP contribution in [0.4, 0.5) is 0 Å². The zero-order chi connectivity index (χ0) is 24.6. The highest BCUT2D eigenvalue weighted by atomic mass is 16.5. The number of rotatable bonds is 9. The third-order valence-corrected chi connectivity index (χ3v) is 8.15. The lowest BCUT2D eigenvalue weighted by Crippen LogP contribution is -2.38. The zero-order valence-corrected chi connectivity index (χ0v) is 21.6. The zero-order valence-electron chi connectivity index (χ0n) is 21.6. The first-order valence-corrected chi connectivity index (χ1v) is 14.2. The first-order valence-electron chi connectivity index (χ1n) is 14.2. The third-order valence-electron chi connectivity index (χ3n) is 8.15. The van der Waals surface area contributed by atoms with Crippen LogP contribution in [0.15, 0.2) is 42.5 Å². The first-order chi connectivity index (χ1) is 17.7. The van der Waals surface area contributed by atoms with E-state index in [4.69, 9.17) is 9.47 Å². The van der Waals surface area contributed by atoms with E-state index in [-0.39, 0.29) is 18.1 Å². The number of nitrogens with one attached hydrogen (secondary N) is 2. The van der Waals surface area contributed by atoms with E-state index in [9.17, 15) is 4.79 Å². The molecule has 0 spiro atoms. The van der Waals surface area contributed by atoms with Crippen molar-refractivity contribution < 1.29 is 14.3 Å². The van der Waals surface area contributed by atoms with E-state index in [1.165, 1.54) is 55.2 Å². The van der Waals surface area contributed by atoms with Gasteiger partial charge in [0.25, 0.3) is 5.91 Å². The van der Waals surface area contributed by atoms with Crippen molar-refractivity contribution in [1.29, 1.82) is 0 Å². The molecule has 2 aromatic rings. The summed E-state index contributed by atoms with van der Waals surface area (Å²) in [4.78, 5) is 12.8. The average molecular weight is 491 g/mol. The molecule has 2 aromatic carbocycles. The molecule has 1 heterocycles. The van der Waals surface area contributed by atoms with Gasteiger partial charge in [0, 0.05) is 24.8 Å². The van der Waals surface area contributed by atoms with Gasteiger partial charge in [-0.15, -0.1) is 0 Å². The number of carbonyl (C=O) groups excluding carboxylic acids is 1. The summed E-state index contributed by atoms with van der Waals surface area (Å²) in [6.07, 6.45) is 13.7.